The molecule has 9 heteroatoms. The Labute approximate surface area is 190 Å². The third-order valence-electron chi connectivity index (χ3n) is 5.38. The molecule has 3 heterocycles. The average Bonchev–Trinajstić information content (AvgIpc) is 3.52. The highest BCUT2D eigenvalue weighted by atomic mass is 16.2. The maximum absolute atomic E-state index is 12.7. The first-order chi connectivity index (χ1) is 16.2. The third-order valence-corrected chi connectivity index (χ3v) is 5.38. The molecule has 1 atom stereocenters. The van der Waals surface area contributed by atoms with Crippen LogP contribution in [0.3, 0.4) is 0 Å². The van der Waals surface area contributed by atoms with Crippen molar-refractivity contribution in [2.75, 3.05) is 22.1 Å². The molecule has 0 unspecified atom stereocenters. The van der Waals surface area contributed by atoms with Crippen molar-refractivity contribution in [2.24, 2.45) is 5.92 Å². The highest BCUT2D eigenvalue weighted by molar-refractivity contribution is 6.03. The smallest absolute Gasteiger partial charge is 0.229 e. The second-order valence-electron chi connectivity index (χ2n) is 7.66. The minimum absolute atomic E-state index is 0.0411. The van der Waals surface area contributed by atoms with Crippen LogP contribution in [0, 0.1) is 5.92 Å². The van der Waals surface area contributed by atoms with Crippen molar-refractivity contribution < 1.29 is 9.59 Å². The van der Waals surface area contributed by atoms with Gasteiger partial charge in [0.1, 0.15) is 0 Å². The largest absolute Gasteiger partial charge is 0.339 e. The fourth-order valence-electron chi connectivity index (χ4n) is 3.69. The molecule has 2 amide bonds. The van der Waals surface area contributed by atoms with E-state index in [2.05, 4.69) is 25.9 Å². The van der Waals surface area contributed by atoms with Gasteiger partial charge in [-0.25, -0.2) is 4.68 Å². The number of carbonyl (C=O) groups excluding carboxylic acids is 2. The lowest BCUT2D eigenvalue weighted by molar-refractivity contribution is -0.122. The van der Waals surface area contributed by atoms with Gasteiger partial charge in [0.25, 0.3) is 0 Å². The van der Waals surface area contributed by atoms with Crippen LogP contribution in [0.1, 0.15) is 6.42 Å². The molecule has 2 aromatic carbocycles. The Morgan fingerprint density at radius 3 is 2.39 bits per heavy atom. The molecule has 5 rings (SSSR count). The molecule has 2 N–H and O–H groups in total. The second kappa shape index (κ2) is 8.91. The lowest BCUT2D eigenvalue weighted by Gasteiger charge is -2.16. The van der Waals surface area contributed by atoms with Gasteiger partial charge in [0.15, 0.2) is 11.6 Å². The Bertz CT molecular complexity index is 1240. The van der Waals surface area contributed by atoms with Crippen molar-refractivity contribution in [1.82, 2.24) is 20.0 Å². The molecular weight excluding hydrogens is 418 g/mol. The molecule has 164 valence electrons. The molecule has 4 aromatic rings. The first-order valence-electron chi connectivity index (χ1n) is 10.5. The summed E-state index contributed by atoms with van der Waals surface area (Å²) >= 11 is 0. The van der Waals surface area contributed by atoms with E-state index in [0.717, 1.165) is 11.4 Å². The maximum Gasteiger partial charge on any atom is 0.229 e. The summed E-state index contributed by atoms with van der Waals surface area (Å²) in [5.74, 6) is 0.621. The summed E-state index contributed by atoms with van der Waals surface area (Å²) in [5, 5.41) is 18.5. The van der Waals surface area contributed by atoms with E-state index in [1.54, 1.807) is 34.1 Å². The predicted molar refractivity (Wildman–Crippen MR) is 124 cm³/mol. The average molecular weight is 439 g/mol. The first-order valence-corrected chi connectivity index (χ1v) is 10.5. The Hall–Kier alpha value is -4.53. The summed E-state index contributed by atoms with van der Waals surface area (Å²) in [6.07, 6.45) is 3.68. The van der Waals surface area contributed by atoms with Crippen LogP contribution in [0.25, 0.3) is 5.82 Å². The number of hydrogen-bond acceptors (Lipinski definition) is 6. The molecule has 1 aliphatic rings. The Morgan fingerprint density at radius 2 is 1.70 bits per heavy atom. The van der Waals surface area contributed by atoms with E-state index in [1.807, 2.05) is 60.7 Å². The van der Waals surface area contributed by atoms with Crippen LogP contribution in [0.15, 0.2) is 85.2 Å². The standard InChI is InChI=1S/C24H21N7O2/c32-23-15-17(16-30(23)20-5-2-1-3-6-20)24(33)27-19-9-7-18(8-10-19)26-21-11-12-22(29-28-21)31-14-4-13-25-31/h1-14,17H,15-16H2,(H,26,28)(H,27,33)/t17-/m0/s1. The van der Waals surface area contributed by atoms with E-state index in [-0.39, 0.29) is 24.2 Å². The van der Waals surface area contributed by atoms with Gasteiger partial charge in [-0.1, -0.05) is 18.2 Å². The van der Waals surface area contributed by atoms with Gasteiger partial charge in [0.2, 0.25) is 11.8 Å². The molecule has 0 aliphatic carbocycles. The van der Waals surface area contributed by atoms with Crippen LogP contribution in [-0.2, 0) is 9.59 Å². The molecule has 0 spiro atoms. The molecule has 0 radical (unpaired) electrons. The van der Waals surface area contributed by atoms with Crippen LogP contribution >= 0.6 is 0 Å². The first kappa shape index (κ1) is 20.4. The maximum atomic E-state index is 12.7. The number of hydrogen-bond donors (Lipinski definition) is 2. The molecular formula is C24H21N7O2. The van der Waals surface area contributed by atoms with Crippen LogP contribution in [-0.4, -0.2) is 38.3 Å². The van der Waals surface area contributed by atoms with Crippen molar-refractivity contribution in [2.45, 2.75) is 6.42 Å². The van der Waals surface area contributed by atoms with Crippen molar-refractivity contribution in [3.8, 4) is 5.82 Å². The molecule has 1 saturated heterocycles. The monoisotopic (exact) mass is 439 g/mol. The number of benzene rings is 2. The summed E-state index contributed by atoms with van der Waals surface area (Å²) in [4.78, 5) is 26.7. The number of rotatable bonds is 6. The van der Waals surface area contributed by atoms with E-state index in [9.17, 15) is 9.59 Å². The Kier molecular flexibility index (Phi) is 5.50. The fourth-order valence-corrected chi connectivity index (χ4v) is 3.69. The van der Waals surface area contributed by atoms with Crippen LogP contribution < -0.4 is 15.5 Å². The minimum atomic E-state index is -0.390. The number of para-hydroxylation sites is 1. The topological polar surface area (TPSA) is 105 Å². The van der Waals surface area contributed by atoms with Gasteiger partial charge in [0, 0.05) is 42.4 Å². The lowest BCUT2D eigenvalue weighted by atomic mass is 10.1. The van der Waals surface area contributed by atoms with Crippen molar-refractivity contribution in [1.29, 1.82) is 0 Å². The number of aromatic nitrogens is 4. The van der Waals surface area contributed by atoms with E-state index in [1.165, 1.54) is 0 Å². The van der Waals surface area contributed by atoms with E-state index >= 15 is 0 Å². The highest BCUT2D eigenvalue weighted by Gasteiger charge is 2.35. The number of carbonyl (C=O) groups is 2. The van der Waals surface area contributed by atoms with Gasteiger partial charge in [-0.05, 0) is 54.6 Å². The van der Waals surface area contributed by atoms with Gasteiger partial charge in [0.05, 0.1) is 5.92 Å². The Morgan fingerprint density at radius 1 is 0.909 bits per heavy atom. The fraction of sp³-hybridized carbons (Fsp3) is 0.125. The lowest BCUT2D eigenvalue weighted by Crippen LogP contribution is -2.28. The summed E-state index contributed by atoms with van der Waals surface area (Å²) in [7, 11) is 0. The molecule has 9 nitrogen and oxygen atoms in total. The Balaban J connectivity index is 1.18. The van der Waals surface area contributed by atoms with Crippen molar-refractivity contribution >= 4 is 34.7 Å². The molecule has 2 aromatic heterocycles. The summed E-state index contributed by atoms with van der Waals surface area (Å²) in [6, 6.07) is 22.1. The van der Waals surface area contributed by atoms with Gasteiger partial charge < -0.3 is 15.5 Å². The number of nitrogens with zero attached hydrogens (tertiary/aromatic N) is 5. The number of anilines is 4. The summed E-state index contributed by atoms with van der Waals surface area (Å²) < 4.78 is 1.63. The minimum Gasteiger partial charge on any atom is -0.339 e. The van der Waals surface area contributed by atoms with Crippen LogP contribution in [0.4, 0.5) is 22.9 Å². The van der Waals surface area contributed by atoms with Crippen molar-refractivity contribution in [3.63, 3.8) is 0 Å². The molecule has 1 aliphatic heterocycles. The van der Waals surface area contributed by atoms with Crippen LogP contribution in [0.2, 0.25) is 0 Å². The number of amides is 2. The second-order valence-corrected chi connectivity index (χ2v) is 7.66. The predicted octanol–water partition coefficient (Wildman–Crippen LogP) is 3.40. The van der Waals surface area contributed by atoms with E-state index in [4.69, 9.17) is 0 Å². The zero-order chi connectivity index (χ0) is 22.6. The molecule has 33 heavy (non-hydrogen) atoms. The molecule has 0 saturated carbocycles. The summed E-state index contributed by atoms with van der Waals surface area (Å²) in [6.45, 7) is 0.377. The third kappa shape index (κ3) is 4.57. The van der Waals surface area contributed by atoms with Gasteiger partial charge >= 0.3 is 0 Å². The molecule has 1 fully saturated rings. The van der Waals surface area contributed by atoms with Gasteiger partial charge in [-0.15, -0.1) is 10.2 Å². The van der Waals surface area contributed by atoms with Gasteiger partial charge in [-0.3, -0.25) is 9.59 Å². The SMILES string of the molecule is O=C(Nc1ccc(Nc2ccc(-n3cccn3)nn2)cc1)[C@H]1CC(=O)N(c2ccccc2)C1. The highest BCUT2D eigenvalue weighted by Crippen LogP contribution is 2.26. The zero-order valence-electron chi connectivity index (χ0n) is 17.6. The van der Waals surface area contributed by atoms with Crippen molar-refractivity contribution in [3.05, 3.63) is 85.2 Å². The zero-order valence-corrected chi connectivity index (χ0v) is 17.6. The normalized spacial score (nSPS) is 15.5. The number of nitrogens with one attached hydrogen (secondary N) is 2. The molecule has 0 bridgehead atoms. The summed E-state index contributed by atoms with van der Waals surface area (Å²) in [5.41, 5.74) is 2.28. The van der Waals surface area contributed by atoms with Gasteiger partial charge in [-0.2, -0.15) is 5.10 Å². The van der Waals surface area contributed by atoms with E-state index in [0.29, 0.717) is 23.9 Å². The van der Waals surface area contributed by atoms with E-state index < -0.39 is 0 Å². The van der Waals surface area contributed by atoms with Crippen LogP contribution in [0.5, 0.6) is 0 Å². The quantitative estimate of drug-likeness (QED) is 0.477.